The van der Waals surface area contributed by atoms with Gasteiger partial charge in [-0.05, 0) is 12.1 Å². The Balaban J connectivity index is 1.37. The number of benzene rings is 1. The number of rotatable bonds is 17. The molecule has 1 heterocycles. The number of amides is 2. The van der Waals surface area contributed by atoms with E-state index in [2.05, 4.69) is 0 Å². The van der Waals surface area contributed by atoms with Gasteiger partial charge in [-0.3, -0.25) is 14.5 Å². The van der Waals surface area contributed by atoms with Crippen molar-refractivity contribution >= 4 is 11.8 Å². The first-order chi connectivity index (χ1) is 14.3. The van der Waals surface area contributed by atoms with Gasteiger partial charge in [0.05, 0.1) is 83.7 Å². The van der Waals surface area contributed by atoms with Crippen LogP contribution in [0.5, 0.6) is 0 Å². The lowest BCUT2D eigenvalue weighted by Gasteiger charge is -2.13. The van der Waals surface area contributed by atoms with Gasteiger partial charge in [-0.25, -0.2) is 4.39 Å². The Bertz CT molecular complexity index is 594. The smallest absolute Gasteiger partial charge is 0.261 e. The Morgan fingerprint density at radius 2 is 1.00 bits per heavy atom. The Kier molecular flexibility index (Phi) is 11.4. The summed E-state index contributed by atoms with van der Waals surface area (Å²) in [6, 6.07) is 6.79. The van der Waals surface area contributed by atoms with Crippen LogP contribution in [0.25, 0.3) is 0 Å². The molecule has 0 aromatic heterocycles. The van der Waals surface area contributed by atoms with Gasteiger partial charge in [-0.1, -0.05) is 12.1 Å². The van der Waals surface area contributed by atoms with E-state index >= 15 is 0 Å². The fourth-order valence-corrected chi connectivity index (χ4v) is 2.63. The van der Waals surface area contributed by atoms with Gasteiger partial charge in [-0.2, -0.15) is 0 Å². The Morgan fingerprint density at radius 3 is 1.41 bits per heavy atom. The lowest BCUT2D eigenvalue weighted by molar-refractivity contribution is -0.0124. The fourth-order valence-electron chi connectivity index (χ4n) is 2.63. The number of hydrogen-bond acceptors (Lipinski definition) is 7. The third-order valence-corrected chi connectivity index (χ3v) is 4.05. The molecule has 0 saturated heterocycles. The number of alkyl halides is 1. The van der Waals surface area contributed by atoms with Crippen LogP contribution in [-0.2, 0) is 23.7 Å². The van der Waals surface area contributed by atoms with E-state index in [-0.39, 0.29) is 31.6 Å². The highest BCUT2D eigenvalue weighted by Crippen LogP contribution is 2.21. The minimum absolute atomic E-state index is 0.101. The zero-order valence-electron chi connectivity index (χ0n) is 16.5. The molecule has 162 valence electrons. The summed E-state index contributed by atoms with van der Waals surface area (Å²) < 4.78 is 38.1. The van der Waals surface area contributed by atoms with Gasteiger partial charge >= 0.3 is 0 Å². The zero-order chi connectivity index (χ0) is 20.7. The van der Waals surface area contributed by atoms with E-state index in [4.69, 9.17) is 23.7 Å². The largest absolute Gasteiger partial charge is 0.377 e. The van der Waals surface area contributed by atoms with Crippen LogP contribution >= 0.6 is 0 Å². The molecule has 0 radical (unpaired) electrons. The molecule has 29 heavy (non-hydrogen) atoms. The van der Waals surface area contributed by atoms with Gasteiger partial charge in [-0.15, -0.1) is 0 Å². The first kappa shape index (κ1) is 23.4. The fraction of sp³-hybridized carbons (Fsp3) is 0.600. The molecule has 2 amide bonds. The van der Waals surface area contributed by atoms with Gasteiger partial charge in [0, 0.05) is 0 Å². The quantitative estimate of drug-likeness (QED) is 0.281. The standard InChI is InChI=1S/C20H28FNO7/c21-5-7-25-9-11-27-13-15-29-16-14-28-12-10-26-8-6-22-19(23)17-3-1-2-4-18(17)20(22)24/h1-4H,5-16H2. The lowest BCUT2D eigenvalue weighted by atomic mass is 10.1. The number of imide groups is 1. The summed E-state index contributed by atoms with van der Waals surface area (Å²) in [5, 5.41) is 0. The van der Waals surface area contributed by atoms with Gasteiger partial charge in [0.25, 0.3) is 11.8 Å². The van der Waals surface area contributed by atoms with Crippen molar-refractivity contribution in [3.63, 3.8) is 0 Å². The van der Waals surface area contributed by atoms with Crippen LogP contribution in [0.2, 0.25) is 0 Å². The molecule has 2 rings (SSSR count). The number of nitrogens with zero attached hydrogens (tertiary/aromatic N) is 1. The number of carbonyl (C=O) groups excluding carboxylic acids is 2. The third kappa shape index (κ3) is 8.15. The van der Waals surface area contributed by atoms with E-state index < -0.39 is 6.67 Å². The molecule has 0 unspecified atom stereocenters. The maximum Gasteiger partial charge on any atom is 0.261 e. The maximum atomic E-state index is 12.2. The third-order valence-electron chi connectivity index (χ3n) is 4.05. The highest BCUT2D eigenvalue weighted by atomic mass is 19.1. The number of ether oxygens (including phenoxy) is 5. The summed E-state index contributed by atoms with van der Waals surface area (Å²) in [5.74, 6) is -0.558. The molecule has 1 aliphatic rings. The van der Waals surface area contributed by atoms with Gasteiger partial charge < -0.3 is 23.7 Å². The summed E-state index contributed by atoms with van der Waals surface area (Å²) in [5.41, 5.74) is 0.882. The average Bonchev–Trinajstić information content (AvgIpc) is 2.98. The summed E-state index contributed by atoms with van der Waals surface area (Å²) in [7, 11) is 0. The molecule has 1 aromatic carbocycles. The van der Waals surface area contributed by atoms with Crippen molar-refractivity contribution in [2.24, 2.45) is 0 Å². The molecule has 0 spiro atoms. The maximum absolute atomic E-state index is 12.2. The lowest BCUT2D eigenvalue weighted by Crippen LogP contribution is -2.33. The van der Waals surface area contributed by atoms with Crippen LogP contribution in [0.3, 0.4) is 0 Å². The Labute approximate surface area is 169 Å². The van der Waals surface area contributed by atoms with E-state index in [0.29, 0.717) is 64.0 Å². The molecule has 8 nitrogen and oxygen atoms in total. The molecule has 1 aliphatic heterocycles. The first-order valence-corrected chi connectivity index (χ1v) is 9.65. The van der Waals surface area contributed by atoms with Crippen LogP contribution in [0.4, 0.5) is 4.39 Å². The second-order valence-electron chi connectivity index (χ2n) is 6.06. The minimum Gasteiger partial charge on any atom is -0.377 e. The molecular weight excluding hydrogens is 385 g/mol. The number of halogens is 1. The molecule has 0 atom stereocenters. The summed E-state index contributed by atoms with van der Waals surface area (Å²) in [4.78, 5) is 25.6. The normalized spacial score (nSPS) is 13.3. The van der Waals surface area contributed by atoms with Crippen LogP contribution in [0.15, 0.2) is 24.3 Å². The summed E-state index contributed by atoms with van der Waals surface area (Å²) in [6.45, 7) is 3.41. The van der Waals surface area contributed by atoms with Crippen molar-refractivity contribution in [2.45, 2.75) is 0 Å². The monoisotopic (exact) mass is 413 g/mol. The van der Waals surface area contributed by atoms with Gasteiger partial charge in [0.2, 0.25) is 0 Å². The van der Waals surface area contributed by atoms with Crippen molar-refractivity contribution in [3.05, 3.63) is 35.4 Å². The number of hydrogen-bond donors (Lipinski definition) is 0. The van der Waals surface area contributed by atoms with Crippen LogP contribution in [-0.4, -0.2) is 96.0 Å². The van der Waals surface area contributed by atoms with Gasteiger partial charge in [0.15, 0.2) is 0 Å². The van der Waals surface area contributed by atoms with E-state index in [9.17, 15) is 14.0 Å². The molecular formula is C20H28FNO7. The predicted molar refractivity (Wildman–Crippen MR) is 102 cm³/mol. The van der Waals surface area contributed by atoms with Crippen molar-refractivity contribution in [1.29, 1.82) is 0 Å². The first-order valence-electron chi connectivity index (χ1n) is 9.65. The SMILES string of the molecule is O=C1c2ccccc2C(=O)N1CCOCCOCCOCCOCCOCCF. The number of fused-ring (bicyclic) bond motifs is 1. The van der Waals surface area contributed by atoms with E-state index in [0.717, 1.165) is 0 Å². The molecule has 0 aliphatic carbocycles. The van der Waals surface area contributed by atoms with Crippen molar-refractivity contribution in [3.8, 4) is 0 Å². The molecule has 0 N–H and O–H groups in total. The van der Waals surface area contributed by atoms with Gasteiger partial charge in [0.1, 0.15) is 6.67 Å². The van der Waals surface area contributed by atoms with Crippen LogP contribution in [0, 0.1) is 0 Å². The minimum atomic E-state index is -0.485. The van der Waals surface area contributed by atoms with Crippen molar-refractivity contribution < 1.29 is 37.7 Å². The van der Waals surface area contributed by atoms with Crippen molar-refractivity contribution in [2.75, 3.05) is 79.3 Å². The predicted octanol–water partition coefficient (Wildman–Crippen LogP) is 1.34. The van der Waals surface area contributed by atoms with Crippen molar-refractivity contribution in [1.82, 2.24) is 4.90 Å². The highest BCUT2D eigenvalue weighted by Gasteiger charge is 2.34. The van der Waals surface area contributed by atoms with E-state index in [1.54, 1.807) is 24.3 Å². The zero-order valence-corrected chi connectivity index (χ0v) is 16.5. The second-order valence-corrected chi connectivity index (χ2v) is 6.06. The topological polar surface area (TPSA) is 83.5 Å². The van der Waals surface area contributed by atoms with E-state index in [1.165, 1.54) is 4.90 Å². The van der Waals surface area contributed by atoms with E-state index in [1.807, 2.05) is 0 Å². The molecule has 0 fully saturated rings. The van der Waals surface area contributed by atoms with Crippen LogP contribution in [0.1, 0.15) is 20.7 Å². The summed E-state index contributed by atoms with van der Waals surface area (Å²) in [6.07, 6.45) is 0. The molecule has 0 bridgehead atoms. The highest BCUT2D eigenvalue weighted by molar-refractivity contribution is 6.21. The average molecular weight is 413 g/mol. The molecule has 1 aromatic rings. The Hall–Kier alpha value is -1.91. The second kappa shape index (κ2) is 14.1. The molecule has 9 heteroatoms. The van der Waals surface area contributed by atoms with Crippen LogP contribution < -0.4 is 0 Å². The molecule has 0 saturated carbocycles. The Morgan fingerprint density at radius 1 is 0.621 bits per heavy atom. The summed E-state index contributed by atoms with van der Waals surface area (Å²) >= 11 is 0. The number of carbonyl (C=O) groups is 2.